The highest BCUT2D eigenvalue weighted by Gasteiger charge is 2.34. The third kappa shape index (κ3) is 3.46. The number of carbonyl (C=O) groups is 2. The van der Waals surface area contributed by atoms with E-state index in [2.05, 4.69) is 0 Å². The van der Waals surface area contributed by atoms with Gasteiger partial charge in [0, 0.05) is 0 Å². The summed E-state index contributed by atoms with van der Waals surface area (Å²) in [7, 11) is 0. The summed E-state index contributed by atoms with van der Waals surface area (Å²) < 4.78 is 42.6. The lowest BCUT2D eigenvalue weighted by atomic mass is 10.1. The number of aldehydes is 1. The molecule has 1 N–H and O–H groups in total. The molecular formula is C12H11F3O4. The number of ether oxygens (including phenoxy) is 1. The summed E-state index contributed by atoms with van der Waals surface area (Å²) in [5, 5.41) is 8.86. The Morgan fingerprint density at radius 2 is 1.89 bits per heavy atom. The van der Waals surface area contributed by atoms with Crippen molar-refractivity contribution in [2.45, 2.75) is 25.6 Å². The zero-order valence-electron chi connectivity index (χ0n) is 10.1. The van der Waals surface area contributed by atoms with Gasteiger partial charge >= 0.3 is 12.1 Å². The van der Waals surface area contributed by atoms with Crippen LogP contribution < -0.4 is 4.74 Å². The highest BCUT2D eigenvalue weighted by atomic mass is 19.4. The first kappa shape index (κ1) is 15.0. The lowest BCUT2D eigenvalue weighted by Crippen LogP contribution is -2.38. The van der Waals surface area contributed by atoms with Gasteiger partial charge in [0.15, 0.2) is 11.9 Å². The van der Waals surface area contributed by atoms with E-state index < -0.39 is 29.1 Å². The van der Waals surface area contributed by atoms with Crippen molar-refractivity contribution >= 4 is 12.3 Å². The first-order chi connectivity index (χ1) is 8.58. The first-order valence-electron chi connectivity index (χ1n) is 5.17. The van der Waals surface area contributed by atoms with E-state index in [9.17, 15) is 22.8 Å². The van der Waals surface area contributed by atoms with Crippen LogP contribution in [-0.2, 0) is 11.0 Å². The quantitative estimate of drug-likeness (QED) is 0.859. The van der Waals surface area contributed by atoms with Gasteiger partial charge in [0.25, 0.3) is 0 Å². The van der Waals surface area contributed by atoms with Gasteiger partial charge in [-0.05, 0) is 32.0 Å². The molecule has 0 saturated heterocycles. The molecule has 0 radical (unpaired) electrons. The minimum absolute atomic E-state index is 0.151. The fourth-order valence-electron chi connectivity index (χ4n) is 1.21. The highest BCUT2D eigenvalue weighted by Crippen LogP contribution is 2.33. The number of carbonyl (C=O) groups excluding carboxylic acids is 1. The fourth-order valence-corrected chi connectivity index (χ4v) is 1.21. The zero-order chi connectivity index (χ0) is 14.8. The molecule has 0 unspecified atom stereocenters. The summed E-state index contributed by atoms with van der Waals surface area (Å²) in [6.07, 6.45) is -4.31. The second kappa shape index (κ2) is 4.91. The number of carboxylic acid groups (broad SMARTS) is 1. The Balaban J connectivity index is 3.25. The molecule has 7 heteroatoms. The third-order valence-corrected chi connectivity index (χ3v) is 2.35. The van der Waals surface area contributed by atoms with E-state index in [4.69, 9.17) is 9.84 Å². The van der Waals surface area contributed by atoms with Gasteiger partial charge in [-0.15, -0.1) is 0 Å². The summed E-state index contributed by atoms with van der Waals surface area (Å²) in [5.74, 6) is -1.78. The number of halogens is 3. The number of aliphatic carboxylic acids is 1. The van der Waals surface area contributed by atoms with Gasteiger partial charge in [0.2, 0.25) is 0 Å². The Morgan fingerprint density at radius 1 is 1.32 bits per heavy atom. The summed E-state index contributed by atoms with van der Waals surface area (Å²) in [4.78, 5) is 21.6. The maximum absolute atomic E-state index is 12.5. The minimum atomic E-state index is -4.60. The second-order valence-corrected chi connectivity index (χ2v) is 4.29. The number of hydrogen-bond donors (Lipinski definition) is 1. The van der Waals surface area contributed by atoms with Crippen LogP contribution in [-0.4, -0.2) is 23.0 Å². The highest BCUT2D eigenvalue weighted by molar-refractivity contribution is 5.81. The molecule has 4 nitrogen and oxygen atoms in total. The number of hydrogen-bond acceptors (Lipinski definition) is 3. The van der Waals surface area contributed by atoms with Crippen molar-refractivity contribution in [1.82, 2.24) is 0 Å². The summed E-state index contributed by atoms with van der Waals surface area (Å²) >= 11 is 0. The Hall–Kier alpha value is -2.05. The Kier molecular flexibility index (Phi) is 3.88. The molecule has 0 aliphatic rings. The van der Waals surface area contributed by atoms with E-state index in [1.165, 1.54) is 13.8 Å². The zero-order valence-corrected chi connectivity index (χ0v) is 10.1. The van der Waals surface area contributed by atoms with Crippen LogP contribution in [0.1, 0.15) is 29.8 Å². The molecule has 0 bridgehead atoms. The van der Waals surface area contributed by atoms with Crippen LogP contribution in [0, 0.1) is 0 Å². The van der Waals surface area contributed by atoms with Gasteiger partial charge in [-0.2, -0.15) is 13.2 Å². The molecule has 0 atom stereocenters. The molecule has 0 fully saturated rings. The van der Waals surface area contributed by atoms with Crippen LogP contribution in [0.25, 0.3) is 0 Å². The molecule has 19 heavy (non-hydrogen) atoms. The molecular weight excluding hydrogens is 265 g/mol. The predicted octanol–water partition coefficient (Wildman–Crippen LogP) is 2.76. The van der Waals surface area contributed by atoms with Crippen LogP contribution in [0.4, 0.5) is 13.2 Å². The molecule has 0 saturated carbocycles. The van der Waals surface area contributed by atoms with Crippen LogP contribution in [0.15, 0.2) is 18.2 Å². The second-order valence-electron chi connectivity index (χ2n) is 4.29. The molecule has 0 aliphatic carbocycles. The van der Waals surface area contributed by atoms with Gasteiger partial charge in [0.1, 0.15) is 5.75 Å². The van der Waals surface area contributed by atoms with Gasteiger partial charge in [-0.1, -0.05) is 0 Å². The molecule has 0 amide bonds. The number of benzene rings is 1. The molecule has 1 aromatic carbocycles. The lowest BCUT2D eigenvalue weighted by Gasteiger charge is -2.23. The van der Waals surface area contributed by atoms with Crippen LogP contribution in [0.2, 0.25) is 0 Å². The average Bonchev–Trinajstić information content (AvgIpc) is 2.27. The van der Waals surface area contributed by atoms with E-state index in [1.54, 1.807) is 0 Å². The smallest absolute Gasteiger partial charge is 0.416 e. The average molecular weight is 276 g/mol. The predicted molar refractivity (Wildman–Crippen MR) is 59.2 cm³/mol. The number of alkyl halides is 3. The first-order valence-corrected chi connectivity index (χ1v) is 5.17. The van der Waals surface area contributed by atoms with Crippen LogP contribution in [0.3, 0.4) is 0 Å². The maximum atomic E-state index is 12.5. The van der Waals surface area contributed by atoms with Crippen LogP contribution in [0.5, 0.6) is 5.75 Å². The van der Waals surface area contributed by atoms with Crippen molar-refractivity contribution in [3.8, 4) is 5.75 Å². The molecule has 0 heterocycles. The fraction of sp³-hybridized carbons (Fsp3) is 0.333. The van der Waals surface area contributed by atoms with Crippen molar-refractivity contribution < 1.29 is 32.6 Å². The Morgan fingerprint density at radius 3 is 2.32 bits per heavy atom. The van der Waals surface area contributed by atoms with E-state index >= 15 is 0 Å². The molecule has 1 aromatic rings. The Bertz CT molecular complexity index is 506. The molecule has 0 aromatic heterocycles. The minimum Gasteiger partial charge on any atom is -0.478 e. The topological polar surface area (TPSA) is 63.6 Å². The van der Waals surface area contributed by atoms with Crippen molar-refractivity contribution in [3.05, 3.63) is 29.3 Å². The van der Waals surface area contributed by atoms with E-state index in [1.807, 2.05) is 0 Å². The standard InChI is InChI=1S/C12H11F3O4/c1-11(2,10(17)18)19-9-5-8(12(13,14)15)4-3-7(9)6-16/h3-6H,1-2H3,(H,17,18). The lowest BCUT2D eigenvalue weighted by molar-refractivity contribution is -0.152. The molecule has 104 valence electrons. The van der Waals surface area contributed by atoms with Gasteiger partial charge in [-0.3, -0.25) is 4.79 Å². The van der Waals surface area contributed by atoms with E-state index in [0.29, 0.717) is 12.4 Å². The summed E-state index contributed by atoms with van der Waals surface area (Å²) in [6.45, 7) is 2.34. The van der Waals surface area contributed by atoms with Crippen LogP contribution >= 0.6 is 0 Å². The molecule has 0 aliphatic heterocycles. The van der Waals surface area contributed by atoms with Gasteiger partial charge in [-0.25, -0.2) is 4.79 Å². The molecule has 0 spiro atoms. The molecule has 1 rings (SSSR count). The Labute approximate surface area is 106 Å². The number of rotatable bonds is 4. The monoisotopic (exact) mass is 276 g/mol. The van der Waals surface area contributed by atoms with Crippen molar-refractivity contribution in [3.63, 3.8) is 0 Å². The van der Waals surface area contributed by atoms with Crippen molar-refractivity contribution in [1.29, 1.82) is 0 Å². The third-order valence-electron chi connectivity index (χ3n) is 2.35. The SMILES string of the molecule is CC(C)(Oc1cc(C(F)(F)F)ccc1C=O)C(=O)O. The van der Waals surface area contributed by atoms with Gasteiger partial charge < -0.3 is 9.84 Å². The van der Waals surface area contributed by atoms with Crippen molar-refractivity contribution in [2.24, 2.45) is 0 Å². The summed E-state index contributed by atoms with van der Waals surface area (Å²) in [6, 6.07) is 2.27. The largest absolute Gasteiger partial charge is 0.478 e. The normalized spacial score (nSPS) is 12.1. The van der Waals surface area contributed by atoms with E-state index in [0.717, 1.165) is 12.1 Å². The van der Waals surface area contributed by atoms with Crippen molar-refractivity contribution in [2.75, 3.05) is 0 Å². The summed E-state index contributed by atoms with van der Waals surface area (Å²) in [5.41, 5.74) is -2.92. The maximum Gasteiger partial charge on any atom is 0.416 e. The number of carboxylic acids is 1. The van der Waals surface area contributed by atoms with E-state index in [-0.39, 0.29) is 5.56 Å². The van der Waals surface area contributed by atoms with Gasteiger partial charge in [0.05, 0.1) is 11.1 Å².